The molecule has 2 amide bonds. The molecule has 170 valence electrons. The highest BCUT2D eigenvalue weighted by Crippen LogP contribution is 2.20. The number of hydrogen-bond acceptors (Lipinski definition) is 3. The third-order valence-electron chi connectivity index (χ3n) is 5.99. The van der Waals surface area contributed by atoms with Crippen LogP contribution in [0.5, 0.6) is 0 Å². The fraction of sp³-hybridized carbons (Fsp3) is 0.269. The van der Waals surface area contributed by atoms with Gasteiger partial charge in [0.25, 0.3) is 11.5 Å². The fourth-order valence-electron chi connectivity index (χ4n) is 4.05. The number of halogens is 1. The van der Waals surface area contributed by atoms with E-state index in [9.17, 15) is 14.4 Å². The van der Waals surface area contributed by atoms with Gasteiger partial charge in [-0.05, 0) is 36.1 Å². The van der Waals surface area contributed by atoms with Crippen LogP contribution in [0.3, 0.4) is 0 Å². The Hall–Kier alpha value is -3.38. The lowest BCUT2D eigenvalue weighted by Crippen LogP contribution is -2.43. The molecule has 1 fully saturated rings. The summed E-state index contributed by atoms with van der Waals surface area (Å²) >= 11 is 6.22. The minimum absolute atomic E-state index is 0.0271. The number of nitrogens with one attached hydrogen (secondary N) is 1. The van der Waals surface area contributed by atoms with Crippen LogP contribution in [0.15, 0.2) is 77.7 Å². The van der Waals surface area contributed by atoms with Gasteiger partial charge in [0.15, 0.2) is 0 Å². The smallest absolute Gasteiger partial charge is 0.255 e. The molecule has 7 heteroatoms. The van der Waals surface area contributed by atoms with Crippen LogP contribution in [0, 0.1) is 5.92 Å². The van der Waals surface area contributed by atoms with Crippen LogP contribution in [0.2, 0.25) is 5.02 Å². The third kappa shape index (κ3) is 5.71. The number of aromatic nitrogens is 1. The number of benzene rings is 2. The summed E-state index contributed by atoms with van der Waals surface area (Å²) in [6, 6.07) is 20.1. The van der Waals surface area contributed by atoms with Crippen LogP contribution in [0.4, 0.5) is 0 Å². The van der Waals surface area contributed by atoms with Crippen molar-refractivity contribution in [2.75, 3.05) is 13.1 Å². The van der Waals surface area contributed by atoms with Crippen LogP contribution < -0.4 is 10.9 Å². The Morgan fingerprint density at radius 3 is 2.36 bits per heavy atom. The van der Waals surface area contributed by atoms with Crippen LogP contribution >= 0.6 is 11.6 Å². The van der Waals surface area contributed by atoms with E-state index in [1.807, 2.05) is 48.5 Å². The van der Waals surface area contributed by atoms with E-state index in [0.717, 1.165) is 11.1 Å². The molecule has 0 bridgehead atoms. The summed E-state index contributed by atoms with van der Waals surface area (Å²) < 4.78 is 1.50. The number of piperidine rings is 1. The van der Waals surface area contributed by atoms with E-state index in [-0.39, 0.29) is 23.3 Å². The van der Waals surface area contributed by atoms with Crippen molar-refractivity contribution in [1.82, 2.24) is 14.8 Å². The van der Waals surface area contributed by atoms with Gasteiger partial charge in [-0.15, -0.1) is 0 Å². The van der Waals surface area contributed by atoms with Gasteiger partial charge in [-0.2, -0.15) is 0 Å². The number of amides is 2. The zero-order valence-electron chi connectivity index (χ0n) is 18.2. The van der Waals surface area contributed by atoms with Crippen molar-refractivity contribution in [3.63, 3.8) is 0 Å². The number of carbonyl (C=O) groups excluding carboxylic acids is 2. The predicted octanol–water partition coefficient (Wildman–Crippen LogP) is 3.72. The van der Waals surface area contributed by atoms with Gasteiger partial charge in [-0.3, -0.25) is 14.4 Å². The van der Waals surface area contributed by atoms with Crippen molar-refractivity contribution in [3.8, 4) is 0 Å². The van der Waals surface area contributed by atoms with Gasteiger partial charge in [0, 0.05) is 42.8 Å². The Morgan fingerprint density at radius 2 is 1.64 bits per heavy atom. The van der Waals surface area contributed by atoms with Gasteiger partial charge >= 0.3 is 0 Å². The molecular weight excluding hydrogens is 438 g/mol. The summed E-state index contributed by atoms with van der Waals surface area (Å²) in [6.45, 7) is 1.81. The summed E-state index contributed by atoms with van der Waals surface area (Å²) in [5, 5.41) is 3.57. The summed E-state index contributed by atoms with van der Waals surface area (Å²) in [6.07, 6.45) is 2.82. The second-order valence-electron chi connectivity index (χ2n) is 8.25. The first-order chi connectivity index (χ1) is 16.0. The molecule has 0 spiro atoms. The molecule has 2 heterocycles. The first-order valence-corrected chi connectivity index (χ1v) is 11.4. The number of likely N-dealkylation sites (tertiary alicyclic amines) is 1. The maximum atomic E-state index is 13.1. The third-order valence-corrected chi connectivity index (χ3v) is 6.36. The minimum Gasteiger partial charge on any atom is -0.352 e. The lowest BCUT2D eigenvalue weighted by Gasteiger charge is -2.31. The number of hydrogen-bond donors (Lipinski definition) is 1. The molecular formula is C26H26ClN3O3. The molecule has 3 aromatic rings. The van der Waals surface area contributed by atoms with Gasteiger partial charge in [-0.25, -0.2) is 0 Å². The van der Waals surface area contributed by atoms with Gasteiger partial charge < -0.3 is 14.8 Å². The predicted molar refractivity (Wildman–Crippen MR) is 128 cm³/mol. The van der Waals surface area contributed by atoms with E-state index >= 15 is 0 Å². The Labute approximate surface area is 197 Å². The number of carbonyl (C=O) groups is 2. The number of pyridine rings is 1. The van der Waals surface area contributed by atoms with E-state index in [4.69, 9.17) is 11.6 Å². The topological polar surface area (TPSA) is 71.4 Å². The SMILES string of the molecule is O=C(NCc1ccccc1)C1CCN(C(=O)c2ccc(=O)n(Cc3ccccc3Cl)c2)CC1. The Balaban J connectivity index is 1.35. The van der Waals surface area contributed by atoms with Gasteiger partial charge in [-0.1, -0.05) is 60.1 Å². The highest BCUT2D eigenvalue weighted by molar-refractivity contribution is 6.31. The normalized spacial score (nSPS) is 14.2. The molecule has 0 unspecified atom stereocenters. The van der Waals surface area contributed by atoms with Gasteiger partial charge in [0.2, 0.25) is 5.91 Å². The zero-order chi connectivity index (χ0) is 23.2. The highest BCUT2D eigenvalue weighted by Gasteiger charge is 2.28. The average Bonchev–Trinajstić information content (AvgIpc) is 2.85. The Bertz CT molecular complexity index is 1180. The van der Waals surface area contributed by atoms with Crippen molar-refractivity contribution >= 4 is 23.4 Å². The standard InChI is InChI=1S/C26H26ClN3O3/c27-23-9-5-4-8-21(23)17-30-18-22(10-11-24(30)31)26(33)29-14-12-20(13-15-29)25(32)28-16-19-6-2-1-3-7-19/h1-11,18,20H,12-17H2,(H,28,32). The van der Waals surface area contributed by atoms with Crippen LogP contribution in [-0.2, 0) is 17.9 Å². The summed E-state index contributed by atoms with van der Waals surface area (Å²) in [5.74, 6) is -0.211. The van der Waals surface area contributed by atoms with E-state index in [2.05, 4.69) is 5.32 Å². The molecule has 2 aromatic carbocycles. The first-order valence-electron chi connectivity index (χ1n) is 11.1. The van der Waals surface area contributed by atoms with Gasteiger partial charge in [0.05, 0.1) is 12.1 Å². The minimum atomic E-state index is -0.194. The molecule has 1 N–H and O–H groups in total. The van der Waals surface area contributed by atoms with Crippen LogP contribution in [-0.4, -0.2) is 34.4 Å². The molecule has 6 nitrogen and oxygen atoms in total. The molecule has 1 aromatic heterocycles. The largest absolute Gasteiger partial charge is 0.352 e. The number of nitrogens with zero attached hydrogens (tertiary/aromatic N) is 2. The molecule has 1 aliphatic rings. The molecule has 0 aliphatic carbocycles. The van der Waals surface area contributed by atoms with E-state index in [1.54, 1.807) is 23.2 Å². The Morgan fingerprint density at radius 1 is 0.939 bits per heavy atom. The summed E-state index contributed by atoms with van der Waals surface area (Å²) in [5.41, 5.74) is 2.13. The Kier molecular flexibility index (Phi) is 7.25. The number of rotatable bonds is 6. The monoisotopic (exact) mass is 463 g/mol. The zero-order valence-corrected chi connectivity index (χ0v) is 19.0. The second-order valence-corrected chi connectivity index (χ2v) is 8.65. The molecule has 1 saturated heterocycles. The van der Waals surface area contributed by atoms with Crippen molar-refractivity contribution in [2.45, 2.75) is 25.9 Å². The summed E-state index contributed by atoms with van der Waals surface area (Å²) in [7, 11) is 0. The first kappa shape index (κ1) is 22.8. The van der Waals surface area contributed by atoms with Crippen LogP contribution in [0.25, 0.3) is 0 Å². The highest BCUT2D eigenvalue weighted by atomic mass is 35.5. The van der Waals surface area contributed by atoms with E-state index in [1.165, 1.54) is 10.6 Å². The second kappa shape index (κ2) is 10.5. The molecule has 0 saturated carbocycles. The molecule has 33 heavy (non-hydrogen) atoms. The van der Waals surface area contributed by atoms with Gasteiger partial charge in [0.1, 0.15) is 0 Å². The van der Waals surface area contributed by atoms with Crippen molar-refractivity contribution in [3.05, 3.63) is 105 Å². The summed E-state index contributed by atoms with van der Waals surface area (Å²) in [4.78, 5) is 39.7. The van der Waals surface area contributed by atoms with Crippen molar-refractivity contribution in [2.24, 2.45) is 5.92 Å². The lowest BCUT2D eigenvalue weighted by atomic mass is 9.95. The van der Waals surface area contributed by atoms with Crippen LogP contribution in [0.1, 0.15) is 34.3 Å². The van der Waals surface area contributed by atoms with Crippen molar-refractivity contribution in [1.29, 1.82) is 0 Å². The molecule has 4 rings (SSSR count). The van der Waals surface area contributed by atoms with Crippen molar-refractivity contribution < 1.29 is 9.59 Å². The average molecular weight is 464 g/mol. The quantitative estimate of drug-likeness (QED) is 0.605. The molecule has 0 radical (unpaired) electrons. The van der Waals surface area contributed by atoms with E-state index in [0.29, 0.717) is 49.6 Å². The lowest BCUT2D eigenvalue weighted by molar-refractivity contribution is -0.126. The van der Waals surface area contributed by atoms with E-state index < -0.39 is 0 Å². The maximum Gasteiger partial charge on any atom is 0.255 e. The fourth-order valence-corrected chi connectivity index (χ4v) is 4.24. The molecule has 0 atom stereocenters. The molecule has 1 aliphatic heterocycles. The maximum absolute atomic E-state index is 13.1.